The molecule has 19 heavy (non-hydrogen) atoms. The summed E-state index contributed by atoms with van der Waals surface area (Å²) in [6.07, 6.45) is 0.625. The van der Waals surface area contributed by atoms with E-state index >= 15 is 0 Å². The fourth-order valence-corrected chi connectivity index (χ4v) is 2.15. The number of rotatable bonds is 7. The molecule has 3 nitrogen and oxygen atoms in total. The Labute approximate surface area is 115 Å². The molecule has 0 aromatic heterocycles. The number of hydrogen-bond acceptors (Lipinski definition) is 3. The molecule has 1 unspecified atom stereocenters. The molecule has 0 spiro atoms. The summed E-state index contributed by atoms with van der Waals surface area (Å²) in [5, 5.41) is 11.4. The van der Waals surface area contributed by atoms with Gasteiger partial charge in [0.15, 0.2) is 0 Å². The molecule has 0 saturated heterocycles. The Kier molecular flexibility index (Phi) is 6.80. The van der Waals surface area contributed by atoms with Crippen LogP contribution in [0.15, 0.2) is 23.1 Å². The van der Waals surface area contributed by atoms with Crippen LogP contribution in [0.5, 0.6) is 0 Å². The number of nitrogens with one attached hydrogen (secondary N) is 1. The maximum Gasteiger partial charge on any atom is 0.230 e. The van der Waals surface area contributed by atoms with Crippen LogP contribution in [0.3, 0.4) is 0 Å². The fourth-order valence-electron chi connectivity index (χ4n) is 1.40. The fraction of sp³-hybridized carbons (Fsp3) is 0.462. The van der Waals surface area contributed by atoms with Gasteiger partial charge < -0.3 is 10.4 Å². The average Bonchev–Trinajstić information content (AvgIpc) is 2.35. The van der Waals surface area contributed by atoms with Gasteiger partial charge in [-0.1, -0.05) is 6.92 Å². The predicted molar refractivity (Wildman–Crippen MR) is 71.0 cm³/mol. The number of aliphatic hydroxyl groups is 1. The lowest BCUT2D eigenvalue weighted by Gasteiger charge is -2.11. The van der Waals surface area contributed by atoms with Crippen molar-refractivity contribution in [2.75, 3.05) is 18.9 Å². The highest BCUT2D eigenvalue weighted by Crippen LogP contribution is 2.21. The van der Waals surface area contributed by atoms with E-state index in [4.69, 9.17) is 5.11 Å². The molecule has 1 atom stereocenters. The van der Waals surface area contributed by atoms with Crippen LogP contribution in [-0.4, -0.2) is 29.9 Å². The Hall–Kier alpha value is -1.14. The second-order valence-electron chi connectivity index (χ2n) is 4.28. The van der Waals surface area contributed by atoms with E-state index in [-0.39, 0.29) is 29.1 Å². The van der Waals surface area contributed by atoms with E-state index in [1.165, 1.54) is 6.07 Å². The molecule has 0 bridgehead atoms. The summed E-state index contributed by atoms with van der Waals surface area (Å²) in [7, 11) is 0. The Morgan fingerprint density at radius 1 is 1.47 bits per heavy atom. The number of carbonyl (C=O) groups excluding carboxylic acids is 1. The van der Waals surface area contributed by atoms with Gasteiger partial charge in [-0.3, -0.25) is 4.79 Å². The van der Waals surface area contributed by atoms with Crippen LogP contribution in [0.2, 0.25) is 0 Å². The van der Waals surface area contributed by atoms with Gasteiger partial charge in [-0.25, -0.2) is 8.78 Å². The SMILES string of the molecule is CC(CCO)CNC(=O)CSc1ccc(F)cc1F. The first-order valence-corrected chi connectivity index (χ1v) is 6.97. The van der Waals surface area contributed by atoms with E-state index in [9.17, 15) is 13.6 Å². The first-order valence-electron chi connectivity index (χ1n) is 5.98. The largest absolute Gasteiger partial charge is 0.396 e. The zero-order valence-electron chi connectivity index (χ0n) is 10.7. The topological polar surface area (TPSA) is 49.3 Å². The van der Waals surface area contributed by atoms with Crippen molar-refractivity contribution in [3.8, 4) is 0 Å². The molecule has 1 aromatic rings. The van der Waals surface area contributed by atoms with Crippen LogP contribution in [0.1, 0.15) is 13.3 Å². The first-order chi connectivity index (χ1) is 9.02. The van der Waals surface area contributed by atoms with Crippen molar-refractivity contribution >= 4 is 17.7 Å². The Morgan fingerprint density at radius 3 is 2.84 bits per heavy atom. The minimum Gasteiger partial charge on any atom is -0.396 e. The molecule has 1 amide bonds. The lowest BCUT2D eigenvalue weighted by Crippen LogP contribution is -2.30. The van der Waals surface area contributed by atoms with Crippen molar-refractivity contribution in [3.05, 3.63) is 29.8 Å². The van der Waals surface area contributed by atoms with Gasteiger partial charge in [0.1, 0.15) is 11.6 Å². The molecule has 1 rings (SSSR count). The van der Waals surface area contributed by atoms with Crippen LogP contribution >= 0.6 is 11.8 Å². The van der Waals surface area contributed by atoms with Gasteiger partial charge in [0.2, 0.25) is 5.91 Å². The third-order valence-corrected chi connectivity index (χ3v) is 3.57. The van der Waals surface area contributed by atoms with Crippen LogP contribution < -0.4 is 5.32 Å². The minimum atomic E-state index is -0.661. The highest BCUT2D eigenvalue weighted by Gasteiger charge is 2.09. The summed E-state index contributed by atoms with van der Waals surface area (Å²) >= 11 is 1.03. The van der Waals surface area contributed by atoms with Crippen LogP contribution in [0.25, 0.3) is 0 Å². The molecule has 6 heteroatoms. The maximum atomic E-state index is 13.3. The monoisotopic (exact) mass is 289 g/mol. The number of benzene rings is 1. The molecule has 0 aliphatic heterocycles. The highest BCUT2D eigenvalue weighted by atomic mass is 32.2. The van der Waals surface area contributed by atoms with Crippen molar-refractivity contribution in [1.82, 2.24) is 5.32 Å². The normalized spacial score (nSPS) is 12.2. The molecule has 0 aliphatic rings. The van der Waals surface area contributed by atoms with Gasteiger partial charge in [-0.2, -0.15) is 0 Å². The number of amides is 1. The second-order valence-corrected chi connectivity index (χ2v) is 5.30. The van der Waals surface area contributed by atoms with E-state index < -0.39 is 11.6 Å². The number of hydrogen-bond donors (Lipinski definition) is 2. The van der Waals surface area contributed by atoms with E-state index in [1.807, 2.05) is 6.92 Å². The van der Waals surface area contributed by atoms with Crippen molar-refractivity contribution in [1.29, 1.82) is 0 Å². The van der Waals surface area contributed by atoms with E-state index in [2.05, 4.69) is 5.32 Å². The third kappa shape index (κ3) is 6.02. The Morgan fingerprint density at radius 2 is 2.21 bits per heavy atom. The smallest absolute Gasteiger partial charge is 0.230 e. The highest BCUT2D eigenvalue weighted by molar-refractivity contribution is 8.00. The molecule has 2 N–H and O–H groups in total. The summed E-state index contributed by atoms with van der Waals surface area (Å²) in [5.74, 6) is -1.23. The van der Waals surface area contributed by atoms with Crippen LogP contribution in [0, 0.1) is 17.6 Å². The van der Waals surface area contributed by atoms with E-state index in [0.717, 1.165) is 23.9 Å². The summed E-state index contributed by atoms with van der Waals surface area (Å²) in [4.78, 5) is 11.8. The summed E-state index contributed by atoms with van der Waals surface area (Å²) in [6.45, 7) is 2.49. The summed E-state index contributed by atoms with van der Waals surface area (Å²) < 4.78 is 26.0. The summed E-state index contributed by atoms with van der Waals surface area (Å²) in [6, 6.07) is 3.27. The lowest BCUT2D eigenvalue weighted by molar-refractivity contribution is -0.118. The van der Waals surface area contributed by atoms with Crippen molar-refractivity contribution in [2.45, 2.75) is 18.2 Å². The standard InChI is InChI=1S/C13H17F2NO2S/c1-9(4-5-17)7-16-13(18)8-19-12-3-2-10(14)6-11(12)15/h2-3,6,9,17H,4-5,7-8H2,1H3,(H,16,18). The minimum absolute atomic E-state index is 0.0778. The van der Waals surface area contributed by atoms with Crippen molar-refractivity contribution < 1.29 is 18.7 Å². The lowest BCUT2D eigenvalue weighted by atomic mass is 10.1. The summed E-state index contributed by atoms with van der Waals surface area (Å²) in [5.41, 5.74) is 0. The van der Waals surface area contributed by atoms with Gasteiger partial charge in [-0.15, -0.1) is 11.8 Å². The van der Waals surface area contributed by atoms with Gasteiger partial charge in [0, 0.05) is 24.1 Å². The van der Waals surface area contributed by atoms with Gasteiger partial charge in [-0.05, 0) is 24.5 Å². The Bertz CT molecular complexity index is 429. The second kappa shape index (κ2) is 8.12. The number of halogens is 2. The van der Waals surface area contributed by atoms with Crippen molar-refractivity contribution in [3.63, 3.8) is 0 Å². The molecular weight excluding hydrogens is 272 g/mol. The maximum absolute atomic E-state index is 13.3. The molecule has 0 radical (unpaired) electrons. The number of thioether (sulfide) groups is 1. The van der Waals surface area contributed by atoms with Gasteiger partial charge in [0.25, 0.3) is 0 Å². The van der Waals surface area contributed by atoms with Crippen LogP contribution in [-0.2, 0) is 4.79 Å². The predicted octanol–water partition coefficient (Wildman–Crippen LogP) is 2.19. The number of carbonyl (C=O) groups is 1. The zero-order valence-corrected chi connectivity index (χ0v) is 11.5. The Balaban J connectivity index is 2.33. The molecule has 106 valence electrons. The molecule has 0 heterocycles. The number of aliphatic hydroxyl groups excluding tert-OH is 1. The quantitative estimate of drug-likeness (QED) is 0.757. The molecule has 0 saturated carbocycles. The van der Waals surface area contributed by atoms with Gasteiger partial charge >= 0.3 is 0 Å². The van der Waals surface area contributed by atoms with Gasteiger partial charge in [0.05, 0.1) is 5.75 Å². The zero-order chi connectivity index (χ0) is 14.3. The first kappa shape index (κ1) is 15.9. The molecule has 1 aromatic carbocycles. The van der Waals surface area contributed by atoms with Crippen molar-refractivity contribution in [2.24, 2.45) is 5.92 Å². The molecule has 0 fully saturated rings. The van der Waals surface area contributed by atoms with E-state index in [0.29, 0.717) is 13.0 Å². The van der Waals surface area contributed by atoms with Crippen LogP contribution in [0.4, 0.5) is 8.78 Å². The van der Waals surface area contributed by atoms with E-state index in [1.54, 1.807) is 0 Å². The molecular formula is C13H17F2NO2S. The average molecular weight is 289 g/mol. The molecule has 0 aliphatic carbocycles. The third-order valence-electron chi connectivity index (χ3n) is 2.52.